The summed E-state index contributed by atoms with van der Waals surface area (Å²) in [7, 11) is 0. The van der Waals surface area contributed by atoms with Gasteiger partial charge in [0, 0.05) is 12.0 Å². The van der Waals surface area contributed by atoms with Gasteiger partial charge in [-0.15, -0.1) is 0 Å². The molecule has 3 atom stereocenters. The molecule has 2 aromatic carbocycles. The molecule has 0 aromatic heterocycles. The van der Waals surface area contributed by atoms with Crippen LogP contribution in [-0.4, -0.2) is 41.9 Å². The molecular weight excluding hydrogens is 456 g/mol. The van der Waals surface area contributed by atoms with E-state index >= 15 is 0 Å². The number of ether oxygens (including phenoxy) is 1. The fourth-order valence-electron chi connectivity index (χ4n) is 4.46. The number of amides is 2. The molecule has 2 N–H and O–H groups in total. The highest BCUT2D eigenvalue weighted by Gasteiger charge is 2.55. The van der Waals surface area contributed by atoms with Gasteiger partial charge in [-0.25, -0.2) is 4.39 Å². The average molecular weight is 478 g/mol. The second-order valence-corrected chi connectivity index (χ2v) is 8.51. The van der Waals surface area contributed by atoms with Crippen molar-refractivity contribution in [2.45, 2.75) is 49.5 Å². The summed E-state index contributed by atoms with van der Waals surface area (Å²) in [5.41, 5.74) is -1.58. The number of Topliss-reactive ketones (excluding diaryl/α,β-unsaturated/α-hetero) is 1. The number of rotatable bonds is 6. The fraction of sp³-hybridized carbons (Fsp3) is 0.375. The Labute approximate surface area is 192 Å². The second-order valence-electron chi connectivity index (χ2n) is 8.51. The third-order valence-electron chi connectivity index (χ3n) is 6.30. The molecule has 1 heterocycles. The zero-order valence-electron chi connectivity index (χ0n) is 18.0. The highest BCUT2D eigenvalue weighted by atomic mass is 19.4. The van der Waals surface area contributed by atoms with Gasteiger partial charge in [0.25, 0.3) is 5.91 Å². The van der Waals surface area contributed by atoms with Gasteiger partial charge in [0.15, 0.2) is 5.78 Å². The van der Waals surface area contributed by atoms with Gasteiger partial charge < -0.3 is 15.4 Å². The standard InChI is InChI=1S/C24H22F4N2O4/c25-17-9-3-14(4-10-17)12-18(22(33)30-23-11-1-2-20(23)34-13-19(23)31)29-21(32)15-5-7-16(8-6-15)24(26,27)28/h3-10,18,20H,1-2,11-13H2,(H,29,32)(H,30,33). The zero-order valence-corrected chi connectivity index (χ0v) is 18.0. The van der Waals surface area contributed by atoms with Gasteiger partial charge in [-0.05, 0) is 61.2 Å². The molecule has 3 unspecified atom stereocenters. The third-order valence-corrected chi connectivity index (χ3v) is 6.30. The van der Waals surface area contributed by atoms with Gasteiger partial charge in [0.05, 0.1) is 11.7 Å². The van der Waals surface area contributed by atoms with Crippen molar-refractivity contribution in [2.75, 3.05) is 6.61 Å². The molecule has 34 heavy (non-hydrogen) atoms. The van der Waals surface area contributed by atoms with Crippen molar-refractivity contribution < 1.29 is 36.7 Å². The molecule has 6 nitrogen and oxygen atoms in total. The molecule has 10 heteroatoms. The summed E-state index contributed by atoms with van der Waals surface area (Å²) >= 11 is 0. The minimum Gasteiger partial charge on any atom is -0.367 e. The van der Waals surface area contributed by atoms with Crippen LogP contribution < -0.4 is 10.6 Å². The Morgan fingerprint density at radius 1 is 1.09 bits per heavy atom. The van der Waals surface area contributed by atoms with Crippen molar-refractivity contribution in [3.8, 4) is 0 Å². The van der Waals surface area contributed by atoms with Gasteiger partial charge in [0.2, 0.25) is 5.91 Å². The van der Waals surface area contributed by atoms with E-state index in [4.69, 9.17) is 4.74 Å². The van der Waals surface area contributed by atoms with Gasteiger partial charge >= 0.3 is 6.18 Å². The first-order valence-electron chi connectivity index (χ1n) is 10.8. The molecule has 4 rings (SSSR count). The molecule has 0 bridgehead atoms. The lowest BCUT2D eigenvalue weighted by Gasteiger charge is -2.30. The molecule has 1 aliphatic heterocycles. The number of carbonyl (C=O) groups excluding carboxylic acids is 3. The lowest BCUT2D eigenvalue weighted by atomic mass is 9.91. The van der Waals surface area contributed by atoms with E-state index in [1.807, 2.05) is 0 Å². The molecule has 2 aromatic rings. The van der Waals surface area contributed by atoms with Crippen molar-refractivity contribution in [3.05, 3.63) is 71.0 Å². The van der Waals surface area contributed by atoms with Crippen LogP contribution in [0.2, 0.25) is 0 Å². The predicted octanol–water partition coefficient (Wildman–Crippen LogP) is 3.19. The fourth-order valence-corrected chi connectivity index (χ4v) is 4.46. The van der Waals surface area contributed by atoms with Crippen LogP contribution in [0, 0.1) is 5.82 Å². The molecular formula is C24H22F4N2O4. The predicted molar refractivity (Wildman–Crippen MR) is 112 cm³/mol. The molecule has 2 amide bonds. The number of hydrogen-bond donors (Lipinski definition) is 2. The quantitative estimate of drug-likeness (QED) is 0.625. The molecule has 2 aliphatic rings. The first kappa shape index (κ1) is 23.9. The number of nitrogens with one attached hydrogen (secondary N) is 2. The van der Waals surface area contributed by atoms with Crippen LogP contribution in [0.15, 0.2) is 48.5 Å². The highest BCUT2D eigenvalue weighted by molar-refractivity contribution is 6.00. The maximum atomic E-state index is 13.3. The third kappa shape index (κ3) is 4.82. The molecule has 180 valence electrons. The Kier molecular flexibility index (Phi) is 6.44. The Hall–Kier alpha value is -3.27. The SMILES string of the molecule is O=C(NC(Cc1ccc(F)cc1)C(=O)NC12CCCC1OCC2=O)c1ccc(C(F)(F)F)cc1. The van der Waals surface area contributed by atoms with E-state index in [0.717, 1.165) is 24.3 Å². The zero-order chi connectivity index (χ0) is 24.5. The maximum Gasteiger partial charge on any atom is 0.416 e. The number of ketones is 1. The van der Waals surface area contributed by atoms with Crippen LogP contribution in [0.4, 0.5) is 17.6 Å². The summed E-state index contributed by atoms with van der Waals surface area (Å²) < 4.78 is 57.3. The van der Waals surface area contributed by atoms with E-state index in [-0.39, 0.29) is 24.4 Å². The van der Waals surface area contributed by atoms with E-state index in [9.17, 15) is 31.9 Å². The van der Waals surface area contributed by atoms with Crippen molar-refractivity contribution >= 4 is 17.6 Å². The molecule has 1 saturated carbocycles. The Balaban J connectivity index is 1.55. The molecule has 0 spiro atoms. The lowest BCUT2D eigenvalue weighted by molar-refractivity contribution is -0.137. The van der Waals surface area contributed by atoms with Crippen molar-refractivity contribution in [2.24, 2.45) is 0 Å². The average Bonchev–Trinajstić information content (AvgIpc) is 3.33. The summed E-state index contributed by atoms with van der Waals surface area (Å²) in [6.07, 6.45) is -3.29. The molecule has 2 fully saturated rings. The smallest absolute Gasteiger partial charge is 0.367 e. The molecule has 0 radical (unpaired) electrons. The monoisotopic (exact) mass is 478 g/mol. The van der Waals surface area contributed by atoms with Gasteiger partial charge in [-0.1, -0.05) is 12.1 Å². The second kappa shape index (κ2) is 9.17. The molecule has 1 aliphatic carbocycles. The number of alkyl halides is 3. The van der Waals surface area contributed by atoms with E-state index in [2.05, 4.69) is 10.6 Å². The Bertz CT molecular complexity index is 1090. The summed E-state index contributed by atoms with van der Waals surface area (Å²) in [4.78, 5) is 38.5. The van der Waals surface area contributed by atoms with Crippen LogP contribution in [0.1, 0.15) is 40.7 Å². The minimum atomic E-state index is -4.55. The van der Waals surface area contributed by atoms with Crippen molar-refractivity contribution in [3.63, 3.8) is 0 Å². The summed E-state index contributed by atoms with van der Waals surface area (Å²) in [6.45, 7) is -0.106. The van der Waals surface area contributed by atoms with Crippen molar-refractivity contribution in [1.82, 2.24) is 10.6 Å². The Morgan fingerprint density at radius 2 is 1.76 bits per heavy atom. The van der Waals surface area contributed by atoms with E-state index in [0.29, 0.717) is 24.8 Å². The van der Waals surface area contributed by atoms with Crippen LogP contribution in [0.3, 0.4) is 0 Å². The largest absolute Gasteiger partial charge is 0.416 e. The molecule has 1 saturated heterocycles. The van der Waals surface area contributed by atoms with E-state index in [1.165, 1.54) is 24.3 Å². The van der Waals surface area contributed by atoms with Gasteiger partial charge in [-0.2, -0.15) is 13.2 Å². The number of hydrogen-bond acceptors (Lipinski definition) is 4. The number of carbonyl (C=O) groups is 3. The number of fused-ring (bicyclic) bond motifs is 1. The highest BCUT2D eigenvalue weighted by Crippen LogP contribution is 2.38. The van der Waals surface area contributed by atoms with E-state index < -0.39 is 47.1 Å². The number of benzene rings is 2. The van der Waals surface area contributed by atoms with Gasteiger partial charge in [-0.3, -0.25) is 14.4 Å². The topological polar surface area (TPSA) is 84.5 Å². The van der Waals surface area contributed by atoms with Crippen LogP contribution in [-0.2, 0) is 26.9 Å². The first-order chi connectivity index (χ1) is 16.1. The van der Waals surface area contributed by atoms with Crippen LogP contribution in [0.5, 0.6) is 0 Å². The summed E-state index contributed by atoms with van der Waals surface area (Å²) in [5, 5.41) is 5.31. The Morgan fingerprint density at radius 3 is 2.41 bits per heavy atom. The lowest BCUT2D eigenvalue weighted by Crippen LogP contribution is -2.60. The van der Waals surface area contributed by atoms with E-state index in [1.54, 1.807) is 0 Å². The normalized spacial score (nSPS) is 22.8. The number of halogens is 4. The summed E-state index contributed by atoms with van der Waals surface area (Å²) in [6, 6.07) is 7.77. The van der Waals surface area contributed by atoms with Crippen LogP contribution in [0.25, 0.3) is 0 Å². The van der Waals surface area contributed by atoms with Crippen LogP contribution >= 0.6 is 0 Å². The van der Waals surface area contributed by atoms with Gasteiger partial charge in [0.1, 0.15) is 24.0 Å². The van der Waals surface area contributed by atoms with Crippen molar-refractivity contribution in [1.29, 1.82) is 0 Å². The first-order valence-corrected chi connectivity index (χ1v) is 10.8. The maximum absolute atomic E-state index is 13.3. The minimum absolute atomic E-state index is 0.0196. The summed E-state index contributed by atoms with van der Waals surface area (Å²) in [5.74, 6) is -2.10.